The van der Waals surface area contributed by atoms with Crippen LogP contribution in [0.2, 0.25) is 0 Å². The maximum absolute atomic E-state index is 11.9. The zero-order chi connectivity index (χ0) is 15.4. The monoisotopic (exact) mass is 304 g/mol. The maximum Gasteiger partial charge on any atom is 0.193 e. The Balaban J connectivity index is 1.75. The normalized spacial score (nSPS) is 31.3. The molecule has 0 amide bonds. The molecule has 1 fully saturated rings. The Morgan fingerprint density at radius 2 is 1.70 bits per heavy atom. The van der Waals surface area contributed by atoms with Crippen LogP contribution in [-0.4, -0.2) is 27.9 Å². The van der Waals surface area contributed by atoms with Crippen molar-refractivity contribution in [1.29, 1.82) is 0 Å². The molecule has 0 saturated heterocycles. The van der Waals surface area contributed by atoms with Crippen LogP contribution in [0.1, 0.15) is 42.4 Å². The lowest BCUT2D eigenvalue weighted by atomic mass is 9.87. The molecular weight excluding hydrogens is 284 g/mol. The van der Waals surface area contributed by atoms with Gasteiger partial charge < -0.3 is 10.0 Å². The van der Waals surface area contributed by atoms with E-state index in [0.29, 0.717) is 12.1 Å². The van der Waals surface area contributed by atoms with Crippen LogP contribution >= 0.6 is 0 Å². The number of benzene rings is 2. The third-order valence-electron chi connectivity index (χ3n) is 5.61. The highest BCUT2D eigenvalue weighted by Gasteiger charge is 2.55. The molecule has 0 aromatic heterocycles. The Labute approximate surface area is 136 Å². The third-order valence-corrected chi connectivity index (χ3v) is 5.61. The number of hydrogen-bond acceptors (Lipinski definition) is 3. The molecule has 2 heterocycles. The average molecular weight is 304 g/mol. The molecule has 2 aromatic carbocycles. The maximum atomic E-state index is 11.9. The number of hydrogen-bond donors (Lipinski definition) is 1. The Kier molecular flexibility index (Phi) is 2.71. The Morgan fingerprint density at radius 3 is 2.57 bits per heavy atom. The van der Waals surface area contributed by atoms with Crippen LogP contribution in [-0.2, 0) is 5.72 Å². The number of aliphatic imine (C=N–C) groups is 1. The molecule has 0 radical (unpaired) electrons. The van der Waals surface area contributed by atoms with Crippen LogP contribution in [0.5, 0.6) is 0 Å². The van der Waals surface area contributed by atoms with Gasteiger partial charge in [0.15, 0.2) is 5.72 Å². The van der Waals surface area contributed by atoms with Crippen molar-refractivity contribution in [2.45, 2.75) is 43.5 Å². The predicted molar refractivity (Wildman–Crippen MR) is 90.3 cm³/mol. The van der Waals surface area contributed by atoms with Gasteiger partial charge in [-0.1, -0.05) is 67.4 Å². The van der Waals surface area contributed by atoms with Crippen molar-refractivity contribution in [3.63, 3.8) is 0 Å². The minimum atomic E-state index is -1.09. The van der Waals surface area contributed by atoms with Crippen molar-refractivity contribution in [3.8, 4) is 0 Å². The quantitative estimate of drug-likeness (QED) is 0.878. The standard InChI is InChI=1S/C20H20N2O/c23-20(14-8-2-1-3-9-14)16-11-5-4-10-15(16)19-21-17-12-6-7-13-18(17)22(19)20/h1-5,8-11,17-18,23H,6-7,12-13H2. The van der Waals surface area contributed by atoms with Gasteiger partial charge in [0.2, 0.25) is 0 Å². The van der Waals surface area contributed by atoms with Gasteiger partial charge in [-0.2, -0.15) is 0 Å². The van der Waals surface area contributed by atoms with Crippen molar-refractivity contribution in [2.75, 3.05) is 0 Å². The van der Waals surface area contributed by atoms with Crippen molar-refractivity contribution in [2.24, 2.45) is 4.99 Å². The summed E-state index contributed by atoms with van der Waals surface area (Å²) in [7, 11) is 0. The lowest BCUT2D eigenvalue weighted by Crippen LogP contribution is -2.51. The van der Waals surface area contributed by atoms with Gasteiger partial charge in [0, 0.05) is 16.7 Å². The molecule has 2 aromatic rings. The summed E-state index contributed by atoms with van der Waals surface area (Å²) in [6.07, 6.45) is 4.72. The second-order valence-corrected chi connectivity index (χ2v) is 6.83. The molecule has 0 bridgehead atoms. The largest absolute Gasteiger partial charge is 0.363 e. The topological polar surface area (TPSA) is 35.8 Å². The molecule has 1 N–H and O–H groups in total. The van der Waals surface area contributed by atoms with Crippen molar-refractivity contribution in [3.05, 3.63) is 71.3 Å². The SMILES string of the molecule is OC1(c2ccccc2)c2ccccc2C2=NC3CCCCC3N21. The van der Waals surface area contributed by atoms with Gasteiger partial charge in [0.25, 0.3) is 0 Å². The minimum absolute atomic E-state index is 0.316. The molecule has 0 spiro atoms. The van der Waals surface area contributed by atoms with Crippen LogP contribution < -0.4 is 0 Å². The van der Waals surface area contributed by atoms with E-state index < -0.39 is 5.72 Å². The van der Waals surface area contributed by atoms with E-state index in [1.54, 1.807) is 0 Å². The lowest BCUT2D eigenvalue weighted by molar-refractivity contribution is -0.0532. The molecule has 23 heavy (non-hydrogen) atoms. The minimum Gasteiger partial charge on any atom is -0.363 e. The predicted octanol–water partition coefficient (Wildman–Crippen LogP) is 3.27. The van der Waals surface area contributed by atoms with Crippen LogP contribution in [0.3, 0.4) is 0 Å². The zero-order valence-electron chi connectivity index (χ0n) is 13.0. The van der Waals surface area contributed by atoms with Gasteiger partial charge in [-0.05, 0) is 12.8 Å². The average Bonchev–Trinajstić information content (AvgIpc) is 3.12. The molecule has 3 unspecified atom stereocenters. The van der Waals surface area contributed by atoms with E-state index in [1.807, 2.05) is 48.5 Å². The smallest absolute Gasteiger partial charge is 0.193 e. The molecule has 1 saturated carbocycles. The summed E-state index contributed by atoms with van der Waals surface area (Å²) >= 11 is 0. The van der Waals surface area contributed by atoms with Gasteiger partial charge in [-0.25, -0.2) is 0 Å². The first kappa shape index (κ1) is 13.3. The van der Waals surface area contributed by atoms with Gasteiger partial charge >= 0.3 is 0 Å². The van der Waals surface area contributed by atoms with Gasteiger partial charge in [0.05, 0.1) is 12.1 Å². The second kappa shape index (κ2) is 4.68. The summed E-state index contributed by atoms with van der Waals surface area (Å²) in [5.41, 5.74) is 1.90. The van der Waals surface area contributed by atoms with Crippen molar-refractivity contribution >= 4 is 5.84 Å². The molecule has 116 valence electrons. The van der Waals surface area contributed by atoms with E-state index in [1.165, 1.54) is 12.8 Å². The fourth-order valence-electron chi connectivity index (χ4n) is 4.59. The molecule has 3 atom stereocenters. The van der Waals surface area contributed by atoms with E-state index in [0.717, 1.165) is 35.4 Å². The number of amidine groups is 1. The summed E-state index contributed by atoms with van der Waals surface area (Å²) in [5, 5.41) is 11.9. The summed E-state index contributed by atoms with van der Waals surface area (Å²) in [4.78, 5) is 7.22. The number of nitrogens with zero attached hydrogens (tertiary/aromatic N) is 2. The highest BCUT2D eigenvalue weighted by Crippen LogP contribution is 2.49. The lowest BCUT2D eigenvalue weighted by Gasteiger charge is -2.41. The molecule has 3 aliphatic rings. The summed E-state index contributed by atoms with van der Waals surface area (Å²) in [5.74, 6) is 0.990. The van der Waals surface area contributed by atoms with Crippen LogP contribution in [0.25, 0.3) is 0 Å². The number of aliphatic hydroxyl groups is 1. The van der Waals surface area contributed by atoms with Crippen molar-refractivity contribution in [1.82, 2.24) is 4.90 Å². The Bertz CT molecular complexity index is 785. The van der Waals surface area contributed by atoms with Crippen molar-refractivity contribution < 1.29 is 5.11 Å². The molecule has 3 nitrogen and oxygen atoms in total. The number of fused-ring (bicyclic) bond motifs is 5. The Morgan fingerprint density at radius 1 is 0.957 bits per heavy atom. The van der Waals surface area contributed by atoms with E-state index >= 15 is 0 Å². The first-order valence-corrected chi connectivity index (χ1v) is 8.55. The molecule has 5 rings (SSSR count). The first-order valence-electron chi connectivity index (χ1n) is 8.55. The van der Waals surface area contributed by atoms with E-state index in [9.17, 15) is 5.11 Å². The fourth-order valence-corrected chi connectivity index (χ4v) is 4.59. The van der Waals surface area contributed by atoms with Crippen LogP contribution in [0.4, 0.5) is 0 Å². The summed E-state index contributed by atoms with van der Waals surface area (Å²) in [6.45, 7) is 0. The van der Waals surface area contributed by atoms with E-state index in [-0.39, 0.29) is 0 Å². The van der Waals surface area contributed by atoms with Crippen LogP contribution in [0, 0.1) is 0 Å². The van der Waals surface area contributed by atoms with Gasteiger partial charge in [0.1, 0.15) is 5.84 Å². The molecule has 3 heteroatoms. The van der Waals surface area contributed by atoms with Gasteiger partial charge in [-0.3, -0.25) is 4.99 Å². The van der Waals surface area contributed by atoms with E-state index in [4.69, 9.17) is 4.99 Å². The summed E-state index contributed by atoms with van der Waals surface area (Å²) < 4.78 is 0. The highest BCUT2D eigenvalue weighted by atomic mass is 16.3. The molecule has 1 aliphatic carbocycles. The third kappa shape index (κ3) is 1.66. The number of rotatable bonds is 1. The first-order chi connectivity index (χ1) is 11.3. The summed E-state index contributed by atoms with van der Waals surface area (Å²) in [6, 6.07) is 18.9. The molecular formula is C20H20N2O. The Hall–Kier alpha value is -2.13. The van der Waals surface area contributed by atoms with Crippen LogP contribution in [0.15, 0.2) is 59.6 Å². The second-order valence-electron chi connectivity index (χ2n) is 6.83. The molecule has 2 aliphatic heterocycles. The van der Waals surface area contributed by atoms with E-state index in [2.05, 4.69) is 11.0 Å². The fraction of sp³-hybridized carbons (Fsp3) is 0.350. The highest BCUT2D eigenvalue weighted by molar-refractivity contribution is 6.05. The van der Waals surface area contributed by atoms with Gasteiger partial charge in [-0.15, -0.1) is 0 Å². The zero-order valence-corrected chi connectivity index (χ0v) is 13.0.